The average molecular weight is 446 g/mol. The van der Waals surface area contributed by atoms with Gasteiger partial charge in [0.2, 0.25) is 5.82 Å². The number of benzene rings is 1. The molecule has 0 saturated carbocycles. The second-order valence-electron chi connectivity index (χ2n) is 6.89. The standard InChI is InChI=1S/C20H21Cl2N7O/c1-2-3-4-18-23-15(12-30)19(22)28(18)11-13-5-7-14(8-6-13)29-16(9-10-17(29)21)20-24-26-27-25-20/h5-10,30H,2-4,11-12H2,1H3,(H,24,25,26,27). The largest absolute Gasteiger partial charge is 0.390 e. The van der Waals surface area contributed by atoms with Gasteiger partial charge in [0.25, 0.3) is 0 Å². The summed E-state index contributed by atoms with van der Waals surface area (Å²) < 4.78 is 3.82. The Kier molecular flexibility index (Phi) is 6.17. The molecule has 0 fully saturated rings. The molecule has 156 valence electrons. The summed E-state index contributed by atoms with van der Waals surface area (Å²) in [4.78, 5) is 4.51. The molecule has 0 radical (unpaired) electrons. The number of tetrazole rings is 1. The topological polar surface area (TPSA) is 97.4 Å². The van der Waals surface area contributed by atoms with Crippen molar-refractivity contribution < 1.29 is 5.11 Å². The van der Waals surface area contributed by atoms with Crippen molar-refractivity contribution in [1.29, 1.82) is 0 Å². The Labute approximate surface area is 183 Å². The van der Waals surface area contributed by atoms with Crippen molar-refractivity contribution in [1.82, 2.24) is 34.7 Å². The first kappa shape index (κ1) is 20.6. The maximum Gasteiger partial charge on any atom is 0.221 e. The van der Waals surface area contributed by atoms with Gasteiger partial charge in [-0.2, -0.15) is 5.21 Å². The molecule has 3 heterocycles. The van der Waals surface area contributed by atoms with E-state index in [0.717, 1.165) is 42.0 Å². The van der Waals surface area contributed by atoms with E-state index in [0.29, 0.717) is 28.4 Å². The van der Waals surface area contributed by atoms with Crippen LogP contribution in [0, 0.1) is 0 Å². The van der Waals surface area contributed by atoms with Gasteiger partial charge in [0.1, 0.15) is 21.8 Å². The second kappa shape index (κ2) is 8.99. The quantitative estimate of drug-likeness (QED) is 0.426. The number of hydrogen-bond acceptors (Lipinski definition) is 5. The Balaban J connectivity index is 1.62. The molecule has 0 atom stereocenters. The fourth-order valence-electron chi connectivity index (χ4n) is 3.37. The highest BCUT2D eigenvalue weighted by Crippen LogP contribution is 2.27. The first-order valence-electron chi connectivity index (χ1n) is 9.67. The Morgan fingerprint density at radius 1 is 1.10 bits per heavy atom. The van der Waals surface area contributed by atoms with Crippen LogP contribution in [0.2, 0.25) is 10.3 Å². The third kappa shape index (κ3) is 3.98. The molecule has 0 unspecified atom stereocenters. The molecule has 3 aromatic heterocycles. The summed E-state index contributed by atoms with van der Waals surface area (Å²) >= 11 is 12.9. The third-order valence-corrected chi connectivity index (χ3v) is 5.61. The minimum Gasteiger partial charge on any atom is -0.390 e. The molecule has 0 amide bonds. The predicted molar refractivity (Wildman–Crippen MR) is 115 cm³/mol. The van der Waals surface area contributed by atoms with E-state index in [1.165, 1.54) is 0 Å². The van der Waals surface area contributed by atoms with Gasteiger partial charge in [-0.3, -0.25) is 4.57 Å². The molecule has 4 rings (SSSR count). The zero-order chi connectivity index (χ0) is 21.1. The number of aromatic nitrogens is 7. The Morgan fingerprint density at radius 2 is 1.90 bits per heavy atom. The minimum absolute atomic E-state index is 0.172. The van der Waals surface area contributed by atoms with Gasteiger partial charge < -0.3 is 9.67 Å². The molecule has 4 aromatic rings. The van der Waals surface area contributed by atoms with E-state index in [1.54, 1.807) is 6.07 Å². The maximum absolute atomic E-state index is 9.53. The maximum atomic E-state index is 9.53. The fraction of sp³-hybridized carbons (Fsp3) is 0.300. The molecular weight excluding hydrogens is 425 g/mol. The minimum atomic E-state index is -0.172. The van der Waals surface area contributed by atoms with Gasteiger partial charge in [0, 0.05) is 12.1 Å². The number of H-pyrrole nitrogens is 1. The lowest BCUT2D eigenvalue weighted by molar-refractivity contribution is 0.277. The summed E-state index contributed by atoms with van der Waals surface area (Å²) in [5.74, 6) is 1.36. The van der Waals surface area contributed by atoms with Crippen molar-refractivity contribution in [2.45, 2.75) is 39.3 Å². The smallest absolute Gasteiger partial charge is 0.221 e. The number of imidazole rings is 1. The van der Waals surface area contributed by atoms with Crippen molar-refractivity contribution in [2.24, 2.45) is 0 Å². The highest BCUT2D eigenvalue weighted by atomic mass is 35.5. The number of aliphatic hydroxyl groups is 1. The monoisotopic (exact) mass is 445 g/mol. The number of nitrogens with one attached hydrogen (secondary N) is 1. The molecule has 0 saturated heterocycles. The van der Waals surface area contributed by atoms with Crippen molar-refractivity contribution in [3.8, 4) is 17.2 Å². The van der Waals surface area contributed by atoms with Crippen LogP contribution in [0.5, 0.6) is 0 Å². The zero-order valence-electron chi connectivity index (χ0n) is 16.4. The van der Waals surface area contributed by atoms with E-state index in [2.05, 4.69) is 32.5 Å². The molecule has 0 aliphatic heterocycles. The van der Waals surface area contributed by atoms with E-state index < -0.39 is 0 Å². The normalized spacial score (nSPS) is 11.3. The van der Waals surface area contributed by atoms with Gasteiger partial charge in [-0.05, 0) is 41.5 Å². The van der Waals surface area contributed by atoms with Crippen LogP contribution in [0.25, 0.3) is 17.2 Å². The van der Waals surface area contributed by atoms with E-state index in [4.69, 9.17) is 23.2 Å². The summed E-state index contributed by atoms with van der Waals surface area (Å²) in [6.07, 6.45) is 2.90. The van der Waals surface area contributed by atoms with Crippen LogP contribution in [0.4, 0.5) is 0 Å². The lowest BCUT2D eigenvalue weighted by Gasteiger charge is -2.12. The number of aryl methyl sites for hydroxylation is 1. The first-order chi connectivity index (χ1) is 14.6. The fourth-order valence-corrected chi connectivity index (χ4v) is 3.88. The predicted octanol–water partition coefficient (Wildman–Crippen LogP) is 4.04. The summed E-state index contributed by atoms with van der Waals surface area (Å²) in [6, 6.07) is 11.6. The van der Waals surface area contributed by atoms with Crippen LogP contribution in [-0.2, 0) is 19.6 Å². The van der Waals surface area contributed by atoms with Gasteiger partial charge in [0.05, 0.1) is 18.8 Å². The number of halogens is 2. The summed E-state index contributed by atoms with van der Waals surface area (Å²) in [5, 5.41) is 24.7. The number of rotatable bonds is 8. The highest BCUT2D eigenvalue weighted by Gasteiger charge is 2.16. The van der Waals surface area contributed by atoms with Crippen molar-refractivity contribution >= 4 is 23.2 Å². The third-order valence-electron chi connectivity index (χ3n) is 4.90. The van der Waals surface area contributed by atoms with Crippen LogP contribution < -0.4 is 0 Å². The molecular formula is C20H21Cl2N7O. The molecule has 0 bridgehead atoms. The van der Waals surface area contributed by atoms with Crippen molar-refractivity contribution in [2.75, 3.05) is 0 Å². The van der Waals surface area contributed by atoms with Gasteiger partial charge in [0.15, 0.2) is 0 Å². The molecule has 10 heteroatoms. The zero-order valence-corrected chi connectivity index (χ0v) is 17.9. The number of hydrogen-bond donors (Lipinski definition) is 2. The van der Waals surface area contributed by atoms with Crippen LogP contribution in [0.1, 0.15) is 36.8 Å². The van der Waals surface area contributed by atoms with Gasteiger partial charge >= 0.3 is 0 Å². The second-order valence-corrected chi connectivity index (χ2v) is 7.64. The van der Waals surface area contributed by atoms with E-state index >= 15 is 0 Å². The van der Waals surface area contributed by atoms with E-state index in [9.17, 15) is 5.11 Å². The number of aliphatic hydroxyl groups excluding tert-OH is 1. The van der Waals surface area contributed by atoms with Gasteiger partial charge in [-0.1, -0.05) is 48.7 Å². The SMILES string of the molecule is CCCCc1nc(CO)c(Cl)n1Cc1ccc(-n2c(Cl)ccc2-c2nn[nH]n2)cc1. The first-order valence-corrected chi connectivity index (χ1v) is 10.4. The van der Waals surface area contributed by atoms with Gasteiger partial charge in [-0.15, -0.1) is 10.2 Å². The molecule has 1 aromatic carbocycles. The van der Waals surface area contributed by atoms with Crippen LogP contribution in [0.15, 0.2) is 36.4 Å². The summed E-state index contributed by atoms with van der Waals surface area (Å²) in [5.41, 5.74) is 3.20. The molecule has 30 heavy (non-hydrogen) atoms. The molecule has 0 spiro atoms. The number of aromatic amines is 1. The van der Waals surface area contributed by atoms with Gasteiger partial charge in [-0.25, -0.2) is 4.98 Å². The van der Waals surface area contributed by atoms with Crippen molar-refractivity contribution in [3.05, 3.63) is 63.8 Å². The summed E-state index contributed by atoms with van der Waals surface area (Å²) in [6.45, 7) is 2.53. The number of nitrogens with zero attached hydrogens (tertiary/aromatic N) is 6. The van der Waals surface area contributed by atoms with Crippen LogP contribution in [-0.4, -0.2) is 39.8 Å². The molecule has 0 aliphatic carbocycles. The lowest BCUT2D eigenvalue weighted by atomic mass is 10.2. The number of unbranched alkanes of at least 4 members (excludes halogenated alkanes) is 1. The Bertz CT molecular complexity index is 1120. The molecule has 8 nitrogen and oxygen atoms in total. The van der Waals surface area contributed by atoms with E-state index in [-0.39, 0.29) is 6.61 Å². The molecule has 2 N–H and O–H groups in total. The summed E-state index contributed by atoms with van der Waals surface area (Å²) in [7, 11) is 0. The van der Waals surface area contributed by atoms with Crippen LogP contribution >= 0.6 is 23.2 Å². The van der Waals surface area contributed by atoms with Crippen LogP contribution in [0.3, 0.4) is 0 Å². The Morgan fingerprint density at radius 3 is 2.57 bits per heavy atom. The van der Waals surface area contributed by atoms with E-state index in [1.807, 2.05) is 39.5 Å². The highest BCUT2D eigenvalue weighted by molar-refractivity contribution is 6.30. The Hall–Kier alpha value is -2.68. The molecule has 0 aliphatic rings. The average Bonchev–Trinajstić information content (AvgIpc) is 3.48. The van der Waals surface area contributed by atoms with Crippen molar-refractivity contribution in [3.63, 3.8) is 0 Å². The lowest BCUT2D eigenvalue weighted by Crippen LogP contribution is -2.06.